The second-order valence-corrected chi connectivity index (χ2v) is 14.7. The van der Waals surface area contributed by atoms with E-state index < -0.39 is 43.0 Å². The first-order valence-electron chi connectivity index (χ1n) is 20.1. The fraction of sp³-hybridized carbons (Fsp3) is 0.347. The molecule has 5 aromatic carbocycles. The number of aliphatic hydroxyl groups excluding tert-OH is 1. The molecule has 1 saturated heterocycles. The number of rotatable bonds is 22. The first kappa shape index (κ1) is 41.6. The van der Waals surface area contributed by atoms with Crippen molar-refractivity contribution in [2.24, 2.45) is 0 Å². The van der Waals surface area contributed by atoms with Gasteiger partial charge in [-0.05, 0) is 51.8 Å². The van der Waals surface area contributed by atoms with Crippen LogP contribution < -0.4 is 0 Å². The Morgan fingerprint density at radius 3 is 1.74 bits per heavy atom. The minimum atomic E-state index is -1.80. The van der Waals surface area contributed by atoms with Crippen molar-refractivity contribution in [3.8, 4) is 0 Å². The Balaban J connectivity index is 1.10. The molecule has 0 aromatic heterocycles. The molecule has 1 fully saturated rings. The van der Waals surface area contributed by atoms with Gasteiger partial charge in [-0.25, -0.2) is 4.39 Å². The van der Waals surface area contributed by atoms with E-state index in [1.54, 1.807) is 0 Å². The number of benzene rings is 5. The van der Waals surface area contributed by atoms with Crippen LogP contribution in [-0.4, -0.2) is 67.9 Å². The van der Waals surface area contributed by atoms with E-state index in [0.717, 1.165) is 40.7 Å². The lowest BCUT2D eigenvalue weighted by atomic mass is 9.96. The smallest absolute Gasteiger partial charge is 0.192 e. The summed E-state index contributed by atoms with van der Waals surface area (Å²) < 4.78 is 60.1. The van der Waals surface area contributed by atoms with E-state index in [4.69, 9.17) is 33.2 Å². The molecule has 2 aliphatic rings. The van der Waals surface area contributed by atoms with Gasteiger partial charge in [-0.1, -0.05) is 152 Å². The van der Waals surface area contributed by atoms with Gasteiger partial charge in [0.25, 0.3) is 0 Å². The highest BCUT2D eigenvalue weighted by Gasteiger charge is 2.46. The van der Waals surface area contributed by atoms with E-state index in [-0.39, 0.29) is 33.0 Å². The van der Waals surface area contributed by atoms with Crippen molar-refractivity contribution >= 4 is 6.08 Å². The van der Waals surface area contributed by atoms with Crippen LogP contribution in [0.25, 0.3) is 6.08 Å². The largest absolute Gasteiger partial charge is 0.387 e. The third-order valence-electron chi connectivity index (χ3n) is 10.4. The van der Waals surface area contributed by atoms with Crippen molar-refractivity contribution in [3.63, 3.8) is 0 Å². The average molecular weight is 789 g/mol. The summed E-state index contributed by atoms with van der Waals surface area (Å²) in [7, 11) is 0. The molecule has 0 amide bonds. The molecule has 5 aromatic rings. The van der Waals surface area contributed by atoms with E-state index in [2.05, 4.69) is 30.4 Å². The minimum absolute atomic E-state index is 0.000742. The van der Waals surface area contributed by atoms with Crippen LogP contribution in [-0.2, 0) is 72.6 Å². The molecule has 0 spiro atoms. The van der Waals surface area contributed by atoms with Gasteiger partial charge in [0.05, 0.1) is 52.9 Å². The Labute approximate surface area is 341 Å². The molecular weight excluding hydrogens is 736 g/mol. The number of aryl methyl sites for hydroxylation is 1. The van der Waals surface area contributed by atoms with Gasteiger partial charge in [0.15, 0.2) is 12.5 Å². The zero-order chi connectivity index (χ0) is 39.8. The normalized spacial score (nSPS) is 20.4. The van der Waals surface area contributed by atoms with Crippen molar-refractivity contribution in [3.05, 3.63) is 185 Å². The average Bonchev–Trinajstić information content (AvgIpc) is 3.55. The van der Waals surface area contributed by atoms with Crippen molar-refractivity contribution in [2.75, 3.05) is 19.8 Å². The lowest BCUT2D eigenvalue weighted by Crippen LogP contribution is -2.48. The van der Waals surface area contributed by atoms with E-state index in [9.17, 15) is 5.11 Å². The molecule has 0 saturated carbocycles. The lowest BCUT2D eigenvalue weighted by molar-refractivity contribution is -0.214. The van der Waals surface area contributed by atoms with E-state index in [1.807, 2.05) is 121 Å². The Morgan fingerprint density at radius 2 is 1.14 bits per heavy atom. The summed E-state index contributed by atoms with van der Waals surface area (Å²) in [5.41, 5.74) is 7.49. The summed E-state index contributed by atoms with van der Waals surface area (Å²) in [5, 5.41) is 10.8. The van der Waals surface area contributed by atoms with E-state index in [1.165, 1.54) is 11.1 Å². The van der Waals surface area contributed by atoms with Crippen LogP contribution in [0.5, 0.6) is 0 Å². The third-order valence-corrected chi connectivity index (χ3v) is 10.4. The molecule has 1 N–H and O–H groups in total. The topological polar surface area (TPSA) is 84.8 Å². The molecule has 7 rings (SSSR count). The number of ether oxygens (including phenoxy) is 7. The molecule has 8 nitrogen and oxygen atoms in total. The third kappa shape index (κ3) is 12.2. The molecule has 1 heterocycles. The van der Waals surface area contributed by atoms with Gasteiger partial charge in [0.1, 0.15) is 30.5 Å². The zero-order valence-electron chi connectivity index (χ0n) is 32.7. The molecule has 0 bridgehead atoms. The highest BCUT2D eigenvalue weighted by Crippen LogP contribution is 2.28. The SMILES string of the molecule is OC1C(COCc2ccccc2)OC(OCC(OCc2ccccc2)C(OCc2ccccc2)C(COCc2ccc3c(c2)CCC=C3)OCc2ccccc2)C1F. The van der Waals surface area contributed by atoms with Crippen LogP contribution >= 0.6 is 0 Å². The summed E-state index contributed by atoms with van der Waals surface area (Å²) in [6.07, 6.45) is -1.23. The number of halogens is 1. The van der Waals surface area contributed by atoms with Gasteiger partial charge in [0.2, 0.25) is 0 Å². The molecule has 9 heteroatoms. The van der Waals surface area contributed by atoms with Crippen molar-refractivity contribution in [1.29, 1.82) is 0 Å². The molecular formula is C49H53FO8. The number of allylic oxidation sites excluding steroid dienone is 1. The number of alkyl halides is 1. The molecule has 304 valence electrons. The maximum atomic E-state index is 15.7. The van der Waals surface area contributed by atoms with E-state index in [0.29, 0.717) is 19.8 Å². The second-order valence-electron chi connectivity index (χ2n) is 14.7. The quantitative estimate of drug-likeness (QED) is 0.0748. The zero-order valence-corrected chi connectivity index (χ0v) is 32.7. The summed E-state index contributed by atoms with van der Waals surface area (Å²) >= 11 is 0. The molecule has 1 aliphatic carbocycles. The van der Waals surface area contributed by atoms with Crippen LogP contribution in [0.3, 0.4) is 0 Å². The van der Waals surface area contributed by atoms with Gasteiger partial charge in [-0.15, -0.1) is 0 Å². The van der Waals surface area contributed by atoms with Crippen LogP contribution in [0.15, 0.2) is 146 Å². The Kier molecular flexibility index (Phi) is 15.8. The van der Waals surface area contributed by atoms with Crippen molar-refractivity contribution < 1.29 is 42.7 Å². The van der Waals surface area contributed by atoms with E-state index >= 15 is 4.39 Å². The fourth-order valence-corrected chi connectivity index (χ4v) is 7.14. The summed E-state index contributed by atoms with van der Waals surface area (Å²) in [6.45, 7) is 1.54. The number of hydrogen-bond donors (Lipinski definition) is 1. The Hall–Kier alpha value is -4.55. The Bertz CT molecular complexity index is 1950. The monoisotopic (exact) mass is 788 g/mol. The number of fused-ring (bicyclic) bond motifs is 1. The molecule has 7 unspecified atom stereocenters. The molecule has 0 radical (unpaired) electrons. The number of aliphatic hydroxyl groups is 1. The maximum absolute atomic E-state index is 15.7. The lowest BCUT2D eigenvalue weighted by Gasteiger charge is -2.34. The minimum Gasteiger partial charge on any atom is -0.387 e. The van der Waals surface area contributed by atoms with Gasteiger partial charge in [-0.3, -0.25) is 0 Å². The van der Waals surface area contributed by atoms with Crippen molar-refractivity contribution in [2.45, 2.75) is 88.9 Å². The summed E-state index contributed by atoms with van der Waals surface area (Å²) in [6, 6.07) is 45.7. The predicted molar refractivity (Wildman–Crippen MR) is 220 cm³/mol. The van der Waals surface area contributed by atoms with Crippen LogP contribution in [0.4, 0.5) is 4.39 Å². The molecule has 1 aliphatic heterocycles. The molecule has 7 atom stereocenters. The highest BCUT2D eigenvalue weighted by molar-refractivity contribution is 5.57. The second kappa shape index (κ2) is 22.0. The van der Waals surface area contributed by atoms with Crippen LogP contribution in [0.2, 0.25) is 0 Å². The first-order valence-corrected chi connectivity index (χ1v) is 20.1. The maximum Gasteiger partial charge on any atom is 0.192 e. The standard InChI is InChI=1S/C49H53FO8/c50-46-47(51)43(33-52-28-36-15-5-1-6-16-36)58-49(46)57-35-45(55-31-38-19-9-3-10-20-38)48(56-32-39-21-11-4-12-22-39)44(54-30-37-17-7-2-8-18-37)34-53-29-40-25-26-41-23-13-14-24-42(41)27-40/h1-13,15-23,25-27,43-49,51H,14,24,28-35H2. The van der Waals surface area contributed by atoms with Gasteiger partial charge in [0, 0.05) is 0 Å². The van der Waals surface area contributed by atoms with Gasteiger partial charge < -0.3 is 38.3 Å². The summed E-state index contributed by atoms with van der Waals surface area (Å²) in [4.78, 5) is 0. The predicted octanol–water partition coefficient (Wildman–Crippen LogP) is 8.58. The summed E-state index contributed by atoms with van der Waals surface area (Å²) in [5.74, 6) is 0. The highest BCUT2D eigenvalue weighted by atomic mass is 19.1. The van der Waals surface area contributed by atoms with Gasteiger partial charge >= 0.3 is 0 Å². The van der Waals surface area contributed by atoms with Crippen LogP contribution in [0, 0.1) is 0 Å². The van der Waals surface area contributed by atoms with Gasteiger partial charge in [-0.2, -0.15) is 0 Å². The first-order chi connectivity index (χ1) is 28.6. The fourth-order valence-electron chi connectivity index (χ4n) is 7.14. The molecule has 58 heavy (non-hydrogen) atoms. The van der Waals surface area contributed by atoms with Crippen molar-refractivity contribution in [1.82, 2.24) is 0 Å². The number of hydrogen-bond acceptors (Lipinski definition) is 8. The Morgan fingerprint density at radius 1 is 0.603 bits per heavy atom. The van der Waals surface area contributed by atoms with Crippen LogP contribution in [0.1, 0.15) is 45.4 Å².